The monoisotopic (exact) mass is 346 g/mol. The molecule has 0 aliphatic heterocycles. The van der Waals surface area contributed by atoms with E-state index in [1.807, 2.05) is 37.3 Å². The number of hydrogen-bond donors (Lipinski definition) is 1. The first-order chi connectivity index (χ1) is 11.5. The summed E-state index contributed by atoms with van der Waals surface area (Å²) in [5, 5.41) is 2.72. The van der Waals surface area contributed by atoms with Crippen LogP contribution in [0.2, 0.25) is 0 Å². The first-order valence-corrected chi connectivity index (χ1v) is 8.73. The van der Waals surface area contributed by atoms with E-state index in [1.165, 1.54) is 11.3 Å². The molecule has 0 aliphatic carbocycles. The molecule has 0 bridgehead atoms. The van der Waals surface area contributed by atoms with Crippen molar-refractivity contribution in [1.82, 2.24) is 0 Å². The highest BCUT2D eigenvalue weighted by molar-refractivity contribution is 7.13. The van der Waals surface area contributed by atoms with Crippen LogP contribution in [0.15, 0.2) is 36.4 Å². The van der Waals surface area contributed by atoms with Crippen molar-refractivity contribution >= 4 is 34.6 Å². The summed E-state index contributed by atoms with van der Waals surface area (Å²) in [7, 11) is 0. The number of thiophene rings is 1. The molecule has 24 heavy (non-hydrogen) atoms. The van der Waals surface area contributed by atoms with E-state index in [0.29, 0.717) is 10.6 Å². The van der Waals surface area contributed by atoms with Gasteiger partial charge in [-0.2, -0.15) is 0 Å². The van der Waals surface area contributed by atoms with Gasteiger partial charge in [0, 0.05) is 29.3 Å². The van der Waals surface area contributed by atoms with Crippen molar-refractivity contribution in [2.24, 2.45) is 0 Å². The Morgan fingerprint density at radius 2 is 1.75 bits per heavy atom. The topological polar surface area (TPSA) is 58.6 Å². The molecule has 128 valence electrons. The normalized spacial score (nSPS) is 10.3. The number of amides is 1. The van der Waals surface area contributed by atoms with E-state index in [0.717, 1.165) is 23.7 Å². The number of rotatable bonds is 7. The number of ether oxygens (including phenoxy) is 1. The van der Waals surface area contributed by atoms with E-state index < -0.39 is 5.97 Å². The smallest absolute Gasteiger partial charge is 0.348 e. The molecule has 1 amide bonds. The SMILES string of the molecule is CCN(CC)c1ccc(NC(=O)COC(=O)c2ccc(C)s2)cc1. The zero-order chi connectivity index (χ0) is 17.5. The minimum absolute atomic E-state index is 0.298. The van der Waals surface area contributed by atoms with Crippen LogP contribution in [0.1, 0.15) is 28.4 Å². The molecule has 0 radical (unpaired) electrons. The largest absolute Gasteiger partial charge is 0.451 e. The van der Waals surface area contributed by atoms with Crippen LogP contribution in [-0.4, -0.2) is 31.6 Å². The third kappa shape index (κ3) is 4.83. The fourth-order valence-electron chi connectivity index (χ4n) is 2.29. The summed E-state index contributed by atoms with van der Waals surface area (Å²) in [6.45, 7) is 7.68. The van der Waals surface area contributed by atoms with Crippen molar-refractivity contribution in [3.05, 3.63) is 46.2 Å². The molecule has 0 saturated heterocycles. The Bertz CT molecular complexity index is 691. The fraction of sp³-hybridized carbons (Fsp3) is 0.333. The summed E-state index contributed by atoms with van der Waals surface area (Å²) in [5.74, 6) is -0.827. The average Bonchev–Trinajstić information content (AvgIpc) is 3.02. The number of carbonyl (C=O) groups is 2. The molecule has 1 N–H and O–H groups in total. The number of benzene rings is 1. The predicted molar refractivity (Wildman–Crippen MR) is 98.0 cm³/mol. The Morgan fingerprint density at radius 3 is 2.29 bits per heavy atom. The number of anilines is 2. The molecule has 0 saturated carbocycles. The highest BCUT2D eigenvalue weighted by Gasteiger charge is 2.12. The van der Waals surface area contributed by atoms with E-state index in [-0.39, 0.29) is 12.5 Å². The third-order valence-electron chi connectivity index (χ3n) is 3.56. The predicted octanol–water partition coefficient (Wildman–Crippen LogP) is 3.70. The van der Waals surface area contributed by atoms with Gasteiger partial charge in [-0.1, -0.05) is 0 Å². The molecule has 2 rings (SSSR count). The summed E-state index contributed by atoms with van der Waals surface area (Å²) < 4.78 is 5.02. The molecule has 6 heteroatoms. The number of nitrogens with one attached hydrogen (secondary N) is 1. The van der Waals surface area contributed by atoms with Gasteiger partial charge in [0.25, 0.3) is 5.91 Å². The Labute approximate surface area is 146 Å². The number of esters is 1. The second-order valence-electron chi connectivity index (χ2n) is 5.25. The molecule has 0 unspecified atom stereocenters. The lowest BCUT2D eigenvalue weighted by Gasteiger charge is -2.21. The maximum atomic E-state index is 11.9. The van der Waals surface area contributed by atoms with Crippen molar-refractivity contribution in [3.8, 4) is 0 Å². The van der Waals surface area contributed by atoms with Gasteiger partial charge in [0.15, 0.2) is 6.61 Å². The standard InChI is InChI=1S/C18H22N2O3S/c1-4-20(5-2)15-9-7-14(8-10-15)19-17(21)12-23-18(22)16-11-6-13(3)24-16/h6-11H,4-5,12H2,1-3H3,(H,19,21). The van der Waals surface area contributed by atoms with Gasteiger partial charge in [0.05, 0.1) is 0 Å². The second kappa shape index (κ2) is 8.49. The van der Waals surface area contributed by atoms with Gasteiger partial charge in [-0.3, -0.25) is 4.79 Å². The number of hydrogen-bond acceptors (Lipinski definition) is 5. The molecule has 0 aliphatic rings. The van der Waals surface area contributed by atoms with Gasteiger partial charge >= 0.3 is 5.97 Å². The van der Waals surface area contributed by atoms with Crippen molar-refractivity contribution < 1.29 is 14.3 Å². The Hall–Kier alpha value is -2.34. The minimum atomic E-state index is -0.472. The molecule has 0 spiro atoms. The first kappa shape index (κ1) is 18.0. The quantitative estimate of drug-likeness (QED) is 0.777. The molecule has 2 aromatic rings. The van der Waals surface area contributed by atoms with Crippen molar-refractivity contribution in [2.75, 3.05) is 29.9 Å². The lowest BCUT2D eigenvalue weighted by molar-refractivity contribution is -0.119. The maximum Gasteiger partial charge on any atom is 0.348 e. The first-order valence-electron chi connectivity index (χ1n) is 7.92. The molecule has 0 atom stereocenters. The molecule has 5 nitrogen and oxygen atoms in total. The van der Waals surface area contributed by atoms with Crippen molar-refractivity contribution in [1.29, 1.82) is 0 Å². The third-order valence-corrected chi connectivity index (χ3v) is 4.54. The van der Waals surface area contributed by atoms with E-state index >= 15 is 0 Å². The van der Waals surface area contributed by atoms with Gasteiger partial charge in [-0.05, 0) is 57.2 Å². The zero-order valence-electron chi connectivity index (χ0n) is 14.2. The lowest BCUT2D eigenvalue weighted by atomic mass is 10.2. The Morgan fingerprint density at radius 1 is 1.08 bits per heavy atom. The van der Waals surface area contributed by atoms with Crippen LogP contribution in [0.25, 0.3) is 0 Å². The molecule has 1 heterocycles. The molecular weight excluding hydrogens is 324 g/mol. The van der Waals surface area contributed by atoms with Gasteiger partial charge < -0.3 is 15.0 Å². The number of nitrogens with zero attached hydrogens (tertiary/aromatic N) is 1. The van der Waals surface area contributed by atoms with Gasteiger partial charge in [-0.25, -0.2) is 4.79 Å². The second-order valence-corrected chi connectivity index (χ2v) is 6.54. The van der Waals surface area contributed by atoms with E-state index in [9.17, 15) is 9.59 Å². The minimum Gasteiger partial charge on any atom is -0.451 e. The summed E-state index contributed by atoms with van der Waals surface area (Å²) in [4.78, 5) is 27.4. The van der Waals surface area contributed by atoms with Crippen molar-refractivity contribution in [3.63, 3.8) is 0 Å². The Balaban J connectivity index is 1.85. The highest BCUT2D eigenvalue weighted by Crippen LogP contribution is 2.18. The fourth-order valence-corrected chi connectivity index (χ4v) is 3.05. The van der Waals surface area contributed by atoms with Crippen LogP contribution in [0, 0.1) is 6.92 Å². The van der Waals surface area contributed by atoms with Crippen LogP contribution < -0.4 is 10.2 Å². The maximum absolute atomic E-state index is 11.9. The number of aryl methyl sites for hydroxylation is 1. The lowest BCUT2D eigenvalue weighted by Crippen LogP contribution is -2.22. The van der Waals surface area contributed by atoms with Gasteiger partial charge in [0.1, 0.15) is 4.88 Å². The summed E-state index contributed by atoms with van der Waals surface area (Å²) in [6.07, 6.45) is 0. The van der Waals surface area contributed by atoms with Crippen LogP contribution in [0.4, 0.5) is 11.4 Å². The Kier molecular flexibility index (Phi) is 6.37. The van der Waals surface area contributed by atoms with E-state index in [4.69, 9.17) is 4.74 Å². The molecular formula is C18H22N2O3S. The zero-order valence-corrected chi connectivity index (χ0v) is 15.0. The highest BCUT2D eigenvalue weighted by atomic mass is 32.1. The van der Waals surface area contributed by atoms with Crippen LogP contribution in [0.5, 0.6) is 0 Å². The summed E-state index contributed by atoms with van der Waals surface area (Å²) in [5.41, 5.74) is 1.79. The number of carbonyl (C=O) groups excluding carboxylic acids is 2. The average molecular weight is 346 g/mol. The van der Waals surface area contributed by atoms with Gasteiger partial charge in [0.2, 0.25) is 0 Å². The molecule has 1 aromatic carbocycles. The molecule has 1 aromatic heterocycles. The van der Waals surface area contributed by atoms with Crippen LogP contribution in [-0.2, 0) is 9.53 Å². The summed E-state index contributed by atoms with van der Waals surface area (Å²) in [6, 6.07) is 11.2. The van der Waals surface area contributed by atoms with Crippen molar-refractivity contribution in [2.45, 2.75) is 20.8 Å². The summed E-state index contributed by atoms with van der Waals surface area (Å²) >= 11 is 1.35. The van der Waals surface area contributed by atoms with Crippen LogP contribution >= 0.6 is 11.3 Å². The van der Waals surface area contributed by atoms with Crippen LogP contribution in [0.3, 0.4) is 0 Å². The van der Waals surface area contributed by atoms with Gasteiger partial charge in [-0.15, -0.1) is 11.3 Å². The van der Waals surface area contributed by atoms with E-state index in [2.05, 4.69) is 24.1 Å². The van der Waals surface area contributed by atoms with E-state index in [1.54, 1.807) is 6.07 Å². The molecule has 0 fully saturated rings.